The van der Waals surface area contributed by atoms with Crippen LogP contribution in [0.4, 0.5) is 5.69 Å². The van der Waals surface area contributed by atoms with Crippen LogP contribution in [-0.2, 0) is 20.2 Å². The second kappa shape index (κ2) is 5.54. The zero-order valence-electron chi connectivity index (χ0n) is 11.6. The second-order valence-electron chi connectivity index (χ2n) is 4.87. The molecule has 4 N–H and O–H groups in total. The van der Waals surface area contributed by atoms with E-state index in [4.69, 9.17) is 10.9 Å². The van der Waals surface area contributed by atoms with E-state index in [0.29, 0.717) is 11.3 Å². The minimum Gasteiger partial charge on any atom is -0.399 e. The van der Waals surface area contributed by atoms with Gasteiger partial charge in [0, 0.05) is 31.9 Å². The normalized spacial score (nSPS) is 18.8. The quantitative estimate of drug-likeness (QED) is 0.692. The average molecular weight is 334 g/mol. The van der Waals surface area contributed by atoms with Gasteiger partial charge >= 0.3 is 0 Å². The molecule has 1 saturated heterocycles. The number of nitrogens with zero attached hydrogens (tertiary/aromatic N) is 2. The Morgan fingerprint density at radius 1 is 1.00 bits per heavy atom. The first kappa shape index (κ1) is 16.2. The molecule has 0 aliphatic carbocycles. The molecule has 1 heterocycles. The highest BCUT2D eigenvalue weighted by Gasteiger charge is 2.32. The summed E-state index contributed by atoms with van der Waals surface area (Å²) in [6, 6.07) is 4.69. The summed E-state index contributed by atoms with van der Waals surface area (Å²) in [5.74, 6) is 0. The van der Waals surface area contributed by atoms with Gasteiger partial charge in [0.2, 0.25) is 10.0 Å². The maximum absolute atomic E-state index is 12.6. The van der Waals surface area contributed by atoms with Gasteiger partial charge in [-0.25, -0.2) is 13.6 Å². The van der Waals surface area contributed by atoms with E-state index >= 15 is 0 Å². The fourth-order valence-corrected chi connectivity index (χ4v) is 4.55. The number of piperazine rings is 1. The van der Waals surface area contributed by atoms with Crippen molar-refractivity contribution in [1.29, 1.82) is 0 Å². The molecule has 2 rings (SSSR count). The van der Waals surface area contributed by atoms with E-state index in [1.54, 1.807) is 19.1 Å². The van der Waals surface area contributed by atoms with Crippen LogP contribution >= 0.6 is 0 Å². The van der Waals surface area contributed by atoms with Crippen molar-refractivity contribution in [2.45, 2.75) is 11.8 Å². The van der Waals surface area contributed by atoms with Gasteiger partial charge in [-0.3, -0.25) is 0 Å². The lowest BCUT2D eigenvalue weighted by atomic mass is 10.2. The van der Waals surface area contributed by atoms with Gasteiger partial charge in [0.1, 0.15) is 0 Å². The fraction of sp³-hybridized carbons (Fsp3) is 0.455. The molecule has 21 heavy (non-hydrogen) atoms. The SMILES string of the molecule is Cc1ccc(N)cc1S(=O)(=O)N1CCN(S(N)(=O)=O)CC1. The second-order valence-corrected chi connectivity index (χ2v) is 8.33. The molecule has 0 aromatic heterocycles. The van der Waals surface area contributed by atoms with Crippen molar-refractivity contribution in [3.63, 3.8) is 0 Å². The largest absolute Gasteiger partial charge is 0.399 e. The van der Waals surface area contributed by atoms with Crippen molar-refractivity contribution in [3.8, 4) is 0 Å². The minimum absolute atomic E-state index is 0.0411. The predicted molar refractivity (Wildman–Crippen MR) is 79.0 cm³/mol. The molecular weight excluding hydrogens is 316 g/mol. The molecule has 1 aromatic rings. The Hall–Kier alpha value is -1.20. The smallest absolute Gasteiger partial charge is 0.276 e. The summed E-state index contributed by atoms with van der Waals surface area (Å²) in [6.07, 6.45) is 0. The number of sulfonamides is 1. The van der Waals surface area contributed by atoms with E-state index in [9.17, 15) is 16.8 Å². The number of benzene rings is 1. The molecule has 1 aliphatic rings. The van der Waals surface area contributed by atoms with Gasteiger partial charge in [-0.05, 0) is 24.6 Å². The number of nitrogen functional groups attached to an aromatic ring is 1. The van der Waals surface area contributed by atoms with E-state index in [2.05, 4.69) is 0 Å². The molecule has 0 unspecified atom stereocenters. The number of anilines is 1. The van der Waals surface area contributed by atoms with Crippen LogP contribution in [0.5, 0.6) is 0 Å². The standard InChI is InChI=1S/C11H18N4O4S2/c1-9-2-3-10(12)8-11(9)20(16,17)14-4-6-15(7-5-14)21(13,18)19/h2-3,8H,4-7,12H2,1H3,(H2,13,18,19). The van der Waals surface area contributed by atoms with Crippen LogP contribution in [0.25, 0.3) is 0 Å². The van der Waals surface area contributed by atoms with Gasteiger partial charge in [0.15, 0.2) is 0 Å². The third-order valence-electron chi connectivity index (χ3n) is 3.39. The molecule has 10 heteroatoms. The fourth-order valence-electron chi connectivity index (χ4n) is 2.20. The first-order valence-electron chi connectivity index (χ1n) is 6.26. The lowest BCUT2D eigenvalue weighted by Gasteiger charge is -2.32. The zero-order chi connectivity index (χ0) is 15.8. The molecule has 0 amide bonds. The Bertz CT molecular complexity index is 737. The first-order valence-corrected chi connectivity index (χ1v) is 9.21. The average Bonchev–Trinajstić information content (AvgIpc) is 2.40. The van der Waals surface area contributed by atoms with Crippen molar-refractivity contribution in [2.24, 2.45) is 5.14 Å². The summed E-state index contributed by atoms with van der Waals surface area (Å²) in [7, 11) is -7.48. The number of hydrogen-bond acceptors (Lipinski definition) is 5. The van der Waals surface area contributed by atoms with E-state index in [1.165, 1.54) is 10.4 Å². The van der Waals surface area contributed by atoms with Gasteiger partial charge in [-0.2, -0.15) is 17.0 Å². The molecule has 8 nitrogen and oxygen atoms in total. The monoisotopic (exact) mass is 334 g/mol. The van der Waals surface area contributed by atoms with Crippen molar-refractivity contribution in [2.75, 3.05) is 31.9 Å². The van der Waals surface area contributed by atoms with Crippen molar-refractivity contribution >= 4 is 25.9 Å². The van der Waals surface area contributed by atoms with Crippen LogP contribution in [0.3, 0.4) is 0 Å². The predicted octanol–water partition coefficient (Wildman–Crippen LogP) is -0.913. The molecule has 0 radical (unpaired) electrons. The van der Waals surface area contributed by atoms with Crippen LogP contribution in [0, 0.1) is 6.92 Å². The molecule has 118 valence electrons. The molecule has 0 bridgehead atoms. The maximum Gasteiger partial charge on any atom is 0.276 e. The molecule has 0 spiro atoms. The highest BCUT2D eigenvalue weighted by Crippen LogP contribution is 2.23. The summed E-state index contributed by atoms with van der Waals surface area (Å²) in [5, 5.41) is 5.03. The Morgan fingerprint density at radius 3 is 2.05 bits per heavy atom. The highest BCUT2D eigenvalue weighted by atomic mass is 32.2. The number of nitrogens with two attached hydrogens (primary N) is 2. The van der Waals surface area contributed by atoms with E-state index in [1.807, 2.05) is 0 Å². The third kappa shape index (κ3) is 3.35. The van der Waals surface area contributed by atoms with Gasteiger partial charge in [-0.1, -0.05) is 6.07 Å². The van der Waals surface area contributed by atoms with Crippen LogP contribution < -0.4 is 10.9 Å². The molecular formula is C11H18N4O4S2. The Labute approximate surface area is 124 Å². The summed E-state index contributed by atoms with van der Waals surface area (Å²) >= 11 is 0. The lowest BCUT2D eigenvalue weighted by molar-refractivity contribution is 0.273. The lowest BCUT2D eigenvalue weighted by Crippen LogP contribution is -2.52. The minimum atomic E-state index is -3.78. The molecule has 1 fully saturated rings. The van der Waals surface area contributed by atoms with E-state index in [-0.39, 0.29) is 31.1 Å². The summed E-state index contributed by atoms with van der Waals surface area (Å²) < 4.78 is 49.9. The summed E-state index contributed by atoms with van der Waals surface area (Å²) in [5.41, 5.74) is 6.60. The van der Waals surface area contributed by atoms with Crippen LogP contribution in [0.1, 0.15) is 5.56 Å². The van der Waals surface area contributed by atoms with Crippen LogP contribution in [0.15, 0.2) is 23.1 Å². The molecule has 1 aliphatic heterocycles. The third-order valence-corrected chi connectivity index (χ3v) is 6.51. The van der Waals surface area contributed by atoms with Crippen molar-refractivity contribution in [3.05, 3.63) is 23.8 Å². The van der Waals surface area contributed by atoms with Gasteiger partial charge in [-0.15, -0.1) is 0 Å². The number of rotatable bonds is 3. The van der Waals surface area contributed by atoms with Crippen LogP contribution in [0.2, 0.25) is 0 Å². The van der Waals surface area contributed by atoms with Crippen molar-refractivity contribution < 1.29 is 16.8 Å². The van der Waals surface area contributed by atoms with Gasteiger partial charge in [0.25, 0.3) is 10.2 Å². The maximum atomic E-state index is 12.6. The first-order chi connectivity index (χ1) is 9.62. The Kier molecular flexibility index (Phi) is 4.26. The van der Waals surface area contributed by atoms with Gasteiger partial charge < -0.3 is 5.73 Å². The molecule has 0 atom stereocenters. The summed E-state index contributed by atoms with van der Waals surface area (Å²) in [4.78, 5) is 0.145. The molecule has 0 saturated carbocycles. The Balaban J connectivity index is 2.25. The van der Waals surface area contributed by atoms with E-state index in [0.717, 1.165) is 4.31 Å². The Morgan fingerprint density at radius 2 is 1.52 bits per heavy atom. The number of hydrogen-bond donors (Lipinski definition) is 2. The topological polar surface area (TPSA) is 127 Å². The van der Waals surface area contributed by atoms with Crippen LogP contribution in [-0.4, -0.2) is 51.6 Å². The molecule has 1 aromatic carbocycles. The summed E-state index contributed by atoms with van der Waals surface area (Å²) in [6.45, 7) is 1.89. The van der Waals surface area contributed by atoms with E-state index < -0.39 is 20.2 Å². The van der Waals surface area contributed by atoms with Gasteiger partial charge in [0.05, 0.1) is 4.90 Å². The highest BCUT2D eigenvalue weighted by molar-refractivity contribution is 7.89. The number of aryl methyl sites for hydroxylation is 1. The van der Waals surface area contributed by atoms with Crippen molar-refractivity contribution in [1.82, 2.24) is 8.61 Å². The zero-order valence-corrected chi connectivity index (χ0v) is 13.2.